The van der Waals surface area contributed by atoms with Crippen LogP contribution in [0.4, 0.5) is 5.69 Å². The number of anilines is 1. The lowest BCUT2D eigenvalue weighted by molar-refractivity contribution is -0.117. The predicted octanol–water partition coefficient (Wildman–Crippen LogP) is 3.77. The Labute approximate surface area is 125 Å². The Bertz CT molecular complexity index is 473. The quantitative estimate of drug-likeness (QED) is 0.678. The molecule has 4 nitrogen and oxygen atoms in total. The van der Waals surface area contributed by atoms with Gasteiger partial charge >= 0.3 is 5.97 Å². The first kappa shape index (κ1) is 15.5. The van der Waals surface area contributed by atoms with Gasteiger partial charge in [0, 0.05) is 12.1 Å². The van der Waals surface area contributed by atoms with Crippen molar-refractivity contribution >= 4 is 17.6 Å². The highest BCUT2D eigenvalue weighted by Gasteiger charge is 2.16. The van der Waals surface area contributed by atoms with Gasteiger partial charge in [-0.1, -0.05) is 25.7 Å². The minimum atomic E-state index is -0.369. The van der Waals surface area contributed by atoms with E-state index >= 15 is 0 Å². The minimum absolute atomic E-state index is 0.0627. The van der Waals surface area contributed by atoms with Gasteiger partial charge < -0.3 is 10.1 Å². The van der Waals surface area contributed by atoms with Gasteiger partial charge in [-0.2, -0.15) is 0 Å². The highest BCUT2D eigenvalue weighted by atomic mass is 16.5. The average molecular weight is 289 g/mol. The Morgan fingerprint density at radius 3 is 2.29 bits per heavy atom. The van der Waals surface area contributed by atoms with Crippen LogP contribution in [0, 0.1) is 5.92 Å². The van der Waals surface area contributed by atoms with Crippen LogP contribution in [0.3, 0.4) is 0 Å². The number of methoxy groups -OCH3 is 1. The largest absolute Gasteiger partial charge is 0.465 e. The average Bonchev–Trinajstić information content (AvgIpc) is 2.75. The number of carbonyl (C=O) groups is 2. The summed E-state index contributed by atoms with van der Waals surface area (Å²) in [5.41, 5.74) is 1.21. The van der Waals surface area contributed by atoms with Crippen molar-refractivity contribution < 1.29 is 14.3 Å². The van der Waals surface area contributed by atoms with Crippen LogP contribution < -0.4 is 5.32 Å². The summed E-state index contributed by atoms with van der Waals surface area (Å²) in [7, 11) is 1.35. The first-order valence-corrected chi connectivity index (χ1v) is 7.67. The summed E-state index contributed by atoms with van der Waals surface area (Å²) < 4.78 is 4.64. The molecule has 0 aliphatic heterocycles. The normalized spacial score (nSPS) is 16.0. The molecule has 1 aliphatic carbocycles. The van der Waals surface area contributed by atoms with E-state index in [1.54, 1.807) is 24.3 Å². The Balaban J connectivity index is 1.85. The van der Waals surface area contributed by atoms with Crippen LogP contribution in [0.2, 0.25) is 0 Å². The van der Waals surface area contributed by atoms with E-state index in [2.05, 4.69) is 10.1 Å². The van der Waals surface area contributed by atoms with Crippen LogP contribution in [0.1, 0.15) is 55.3 Å². The standard InChI is InChI=1S/C17H23NO3/c1-21-17(20)14-8-10-15(11-9-14)18-16(19)12-13-6-4-2-3-5-7-13/h8-11,13H,2-7,12H2,1H3,(H,18,19). The van der Waals surface area contributed by atoms with E-state index in [0.717, 1.165) is 18.5 Å². The maximum atomic E-state index is 12.1. The number of hydrogen-bond donors (Lipinski definition) is 1. The number of benzene rings is 1. The molecule has 1 amide bonds. The van der Waals surface area contributed by atoms with E-state index < -0.39 is 0 Å². The van der Waals surface area contributed by atoms with E-state index in [1.165, 1.54) is 32.8 Å². The molecule has 0 aromatic heterocycles. The van der Waals surface area contributed by atoms with Crippen LogP contribution >= 0.6 is 0 Å². The highest BCUT2D eigenvalue weighted by molar-refractivity contribution is 5.93. The van der Waals surface area contributed by atoms with E-state index in [1.807, 2.05) is 0 Å². The molecule has 4 heteroatoms. The monoisotopic (exact) mass is 289 g/mol. The lowest BCUT2D eigenvalue weighted by Crippen LogP contribution is -2.16. The van der Waals surface area contributed by atoms with Gasteiger partial charge in [0.25, 0.3) is 0 Å². The zero-order valence-corrected chi connectivity index (χ0v) is 12.6. The fraction of sp³-hybridized carbons (Fsp3) is 0.529. The molecule has 1 aromatic carbocycles. The molecule has 1 fully saturated rings. The third-order valence-corrected chi connectivity index (χ3v) is 4.04. The number of esters is 1. The first-order chi connectivity index (χ1) is 10.2. The number of amides is 1. The lowest BCUT2D eigenvalue weighted by atomic mass is 9.96. The third kappa shape index (κ3) is 4.88. The summed E-state index contributed by atoms with van der Waals surface area (Å²) in [4.78, 5) is 23.4. The maximum absolute atomic E-state index is 12.1. The predicted molar refractivity (Wildman–Crippen MR) is 82.2 cm³/mol. The van der Waals surface area contributed by atoms with Crippen molar-refractivity contribution in [3.8, 4) is 0 Å². The zero-order chi connectivity index (χ0) is 15.1. The molecule has 0 unspecified atom stereocenters. The van der Waals surface area contributed by atoms with Crippen molar-refractivity contribution in [2.45, 2.75) is 44.9 Å². The summed E-state index contributed by atoms with van der Waals surface area (Å²) in [6, 6.07) is 6.79. The smallest absolute Gasteiger partial charge is 0.337 e. The maximum Gasteiger partial charge on any atom is 0.337 e. The van der Waals surface area contributed by atoms with Gasteiger partial charge in [0.05, 0.1) is 12.7 Å². The molecule has 0 radical (unpaired) electrons. The van der Waals surface area contributed by atoms with Gasteiger partial charge in [0.1, 0.15) is 0 Å². The SMILES string of the molecule is COC(=O)c1ccc(NC(=O)CC2CCCCCC2)cc1. The van der Waals surface area contributed by atoms with Gasteiger partial charge in [-0.15, -0.1) is 0 Å². The molecule has 0 atom stereocenters. The molecule has 0 spiro atoms. The number of carbonyl (C=O) groups excluding carboxylic acids is 2. The number of rotatable bonds is 4. The molecular weight excluding hydrogens is 266 g/mol. The minimum Gasteiger partial charge on any atom is -0.465 e. The van der Waals surface area contributed by atoms with Gasteiger partial charge in [0.15, 0.2) is 0 Å². The van der Waals surface area contributed by atoms with Crippen LogP contribution in [-0.2, 0) is 9.53 Å². The molecule has 1 saturated carbocycles. The van der Waals surface area contributed by atoms with Crippen LogP contribution in [0.5, 0.6) is 0 Å². The number of hydrogen-bond acceptors (Lipinski definition) is 3. The van der Waals surface area contributed by atoms with E-state index in [-0.39, 0.29) is 11.9 Å². The topological polar surface area (TPSA) is 55.4 Å². The van der Waals surface area contributed by atoms with Gasteiger partial charge in [0.2, 0.25) is 5.91 Å². The highest BCUT2D eigenvalue weighted by Crippen LogP contribution is 2.25. The summed E-state index contributed by atoms with van der Waals surface area (Å²) in [6.45, 7) is 0. The number of nitrogens with one attached hydrogen (secondary N) is 1. The summed E-state index contributed by atoms with van der Waals surface area (Å²) in [5, 5.41) is 2.90. The summed E-state index contributed by atoms with van der Waals surface area (Å²) in [6.07, 6.45) is 8.00. The molecule has 1 aromatic rings. The molecule has 1 aliphatic rings. The van der Waals surface area contributed by atoms with E-state index in [0.29, 0.717) is 17.9 Å². The molecular formula is C17H23NO3. The Morgan fingerprint density at radius 2 is 1.71 bits per heavy atom. The summed E-state index contributed by atoms with van der Waals surface area (Å²) in [5.74, 6) is 0.209. The van der Waals surface area contributed by atoms with Gasteiger partial charge in [-0.25, -0.2) is 4.79 Å². The molecule has 0 bridgehead atoms. The van der Waals surface area contributed by atoms with Crippen LogP contribution in [-0.4, -0.2) is 19.0 Å². The van der Waals surface area contributed by atoms with Crippen molar-refractivity contribution in [1.29, 1.82) is 0 Å². The first-order valence-electron chi connectivity index (χ1n) is 7.67. The second kappa shape index (κ2) is 7.81. The molecule has 114 valence electrons. The van der Waals surface area contributed by atoms with Crippen molar-refractivity contribution in [3.63, 3.8) is 0 Å². The summed E-state index contributed by atoms with van der Waals surface area (Å²) >= 11 is 0. The third-order valence-electron chi connectivity index (χ3n) is 4.04. The molecule has 0 saturated heterocycles. The fourth-order valence-electron chi connectivity index (χ4n) is 2.85. The molecule has 21 heavy (non-hydrogen) atoms. The molecule has 2 rings (SSSR count). The van der Waals surface area contributed by atoms with E-state index in [4.69, 9.17) is 0 Å². The van der Waals surface area contributed by atoms with Crippen molar-refractivity contribution in [2.75, 3.05) is 12.4 Å². The Hall–Kier alpha value is -1.84. The lowest BCUT2D eigenvalue weighted by Gasteiger charge is -2.13. The Kier molecular flexibility index (Phi) is 5.78. The zero-order valence-electron chi connectivity index (χ0n) is 12.6. The number of ether oxygens (including phenoxy) is 1. The fourth-order valence-corrected chi connectivity index (χ4v) is 2.85. The van der Waals surface area contributed by atoms with Gasteiger partial charge in [-0.05, 0) is 43.0 Å². The van der Waals surface area contributed by atoms with E-state index in [9.17, 15) is 9.59 Å². The second-order valence-corrected chi connectivity index (χ2v) is 5.68. The van der Waals surface area contributed by atoms with Crippen molar-refractivity contribution in [2.24, 2.45) is 5.92 Å². The van der Waals surface area contributed by atoms with Crippen LogP contribution in [0.25, 0.3) is 0 Å². The van der Waals surface area contributed by atoms with Crippen molar-refractivity contribution in [3.05, 3.63) is 29.8 Å². The molecule has 0 heterocycles. The van der Waals surface area contributed by atoms with Gasteiger partial charge in [-0.3, -0.25) is 4.79 Å². The van der Waals surface area contributed by atoms with Crippen molar-refractivity contribution in [1.82, 2.24) is 0 Å². The molecule has 1 N–H and O–H groups in total. The second-order valence-electron chi connectivity index (χ2n) is 5.68. The Morgan fingerprint density at radius 1 is 1.10 bits per heavy atom. The van der Waals surface area contributed by atoms with Crippen LogP contribution in [0.15, 0.2) is 24.3 Å².